The van der Waals surface area contributed by atoms with Crippen molar-refractivity contribution in [2.45, 2.75) is 26.7 Å². The quantitative estimate of drug-likeness (QED) is 0.639. The Morgan fingerprint density at radius 2 is 1.85 bits per heavy atom. The molecule has 0 unspecified atom stereocenters. The van der Waals surface area contributed by atoms with Crippen molar-refractivity contribution in [2.24, 2.45) is 5.92 Å². The number of fused-ring (bicyclic) bond motifs is 1. The number of carbonyl (C=O) groups is 1. The van der Waals surface area contributed by atoms with Crippen molar-refractivity contribution in [3.05, 3.63) is 69.2 Å². The first kappa shape index (κ1) is 19.0. The van der Waals surface area contributed by atoms with E-state index in [1.807, 2.05) is 42.5 Å². The number of carbonyl (C=O) groups excluding carboxylic acids is 1. The Morgan fingerprint density at radius 1 is 1.15 bits per heavy atom. The van der Waals surface area contributed by atoms with Crippen LogP contribution in [0.4, 0.5) is 0 Å². The van der Waals surface area contributed by atoms with Crippen molar-refractivity contribution < 1.29 is 4.79 Å². The van der Waals surface area contributed by atoms with Crippen molar-refractivity contribution >= 4 is 29.0 Å². The van der Waals surface area contributed by atoms with Crippen molar-refractivity contribution in [1.29, 1.82) is 0 Å². The summed E-state index contributed by atoms with van der Waals surface area (Å²) in [6, 6.07) is 14.6. The van der Waals surface area contributed by atoms with Gasteiger partial charge in [-0.2, -0.15) is 0 Å². The van der Waals surface area contributed by atoms with Crippen LogP contribution in [0, 0.1) is 10.7 Å². The number of hydrogen-bond donors (Lipinski definition) is 2. The largest absolute Gasteiger partial charge is 0.356 e. The smallest absolute Gasteiger partial charge is 0.266 e. The zero-order chi connectivity index (χ0) is 19.4. The zero-order valence-corrected chi connectivity index (χ0v) is 16.3. The van der Waals surface area contributed by atoms with Crippen molar-refractivity contribution in [1.82, 2.24) is 14.9 Å². The molecule has 27 heavy (non-hydrogen) atoms. The van der Waals surface area contributed by atoms with Gasteiger partial charge in [-0.05, 0) is 54.4 Å². The van der Waals surface area contributed by atoms with E-state index in [0.29, 0.717) is 34.7 Å². The second-order valence-corrected chi connectivity index (χ2v) is 7.38. The van der Waals surface area contributed by atoms with Gasteiger partial charge < -0.3 is 10.3 Å². The minimum Gasteiger partial charge on any atom is -0.356 e. The summed E-state index contributed by atoms with van der Waals surface area (Å²) in [4.78, 5) is 27.9. The number of nitrogens with zero attached hydrogens (tertiary/aromatic N) is 1. The highest BCUT2D eigenvalue weighted by Crippen LogP contribution is 2.12. The van der Waals surface area contributed by atoms with Gasteiger partial charge >= 0.3 is 0 Å². The summed E-state index contributed by atoms with van der Waals surface area (Å²) >= 11 is 5.36. The van der Waals surface area contributed by atoms with E-state index in [9.17, 15) is 9.59 Å². The summed E-state index contributed by atoms with van der Waals surface area (Å²) in [5.41, 5.74) is 2.13. The normalized spacial score (nSPS) is 11.1. The maximum absolute atomic E-state index is 12.8. The molecule has 0 radical (unpaired) electrons. The second kappa shape index (κ2) is 8.31. The summed E-state index contributed by atoms with van der Waals surface area (Å²) < 4.78 is 1.82. The molecule has 0 aliphatic rings. The van der Waals surface area contributed by atoms with Gasteiger partial charge in [0, 0.05) is 6.54 Å². The van der Waals surface area contributed by atoms with Gasteiger partial charge in [-0.1, -0.05) is 38.1 Å². The molecule has 0 spiro atoms. The van der Waals surface area contributed by atoms with Crippen LogP contribution in [0.2, 0.25) is 0 Å². The minimum atomic E-state index is -0.159. The minimum absolute atomic E-state index is 0.00330. The van der Waals surface area contributed by atoms with Crippen LogP contribution in [0.1, 0.15) is 25.8 Å². The molecule has 2 aromatic carbocycles. The number of hydrogen-bond acceptors (Lipinski definition) is 3. The highest BCUT2D eigenvalue weighted by Gasteiger charge is 2.08. The number of H-pyrrole nitrogens is 1. The second-order valence-electron chi connectivity index (χ2n) is 6.99. The molecule has 0 saturated carbocycles. The highest BCUT2D eigenvalue weighted by atomic mass is 32.1. The molecule has 3 aromatic rings. The monoisotopic (exact) mass is 381 g/mol. The van der Waals surface area contributed by atoms with Crippen LogP contribution in [0.5, 0.6) is 0 Å². The highest BCUT2D eigenvalue weighted by molar-refractivity contribution is 7.71. The third-order valence-corrected chi connectivity index (χ3v) is 4.69. The molecule has 0 saturated heterocycles. The van der Waals surface area contributed by atoms with E-state index in [-0.39, 0.29) is 11.5 Å². The van der Waals surface area contributed by atoms with E-state index in [2.05, 4.69) is 24.1 Å². The van der Waals surface area contributed by atoms with Gasteiger partial charge in [0.05, 0.1) is 23.0 Å². The average molecular weight is 382 g/mol. The van der Waals surface area contributed by atoms with Crippen molar-refractivity contribution in [3.8, 4) is 5.69 Å². The zero-order valence-electron chi connectivity index (χ0n) is 15.5. The van der Waals surface area contributed by atoms with Crippen LogP contribution in [0.15, 0.2) is 53.3 Å². The first-order valence-corrected chi connectivity index (χ1v) is 9.46. The van der Waals surface area contributed by atoms with E-state index >= 15 is 0 Å². The number of amides is 1. The lowest BCUT2D eigenvalue weighted by atomic mass is 10.1. The maximum Gasteiger partial charge on any atom is 0.266 e. The van der Waals surface area contributed by atoms with Gasteiger partial charge in [0.1, 0.15) is 0 Å². The van der Waals surface area contributed by atoms with Gasteiger partial charge in [0.2, 0.25) is 5.91 Å². The fourth-order valence-corrected chi connectivity index (χ4v) is 3.21. The summed E-state index contributed by atoms with van der Waals surface area (Å²) in [5, 5.41) is 3.51. The molecule has 0 aliphatic heterocycles. The SMILES string of the molecule is CC(C)CCNC(=O)Cc1ccc(-n2c(=S)[nH]c3ccccc3c2=O)cc1. The van der Waals surface area contributed by atoms with E-state index in [1.165, 1.54) is 4.57 Å². The molecule has 140 valence electrons. The number of nitrogens with one attached hydrogen (secondary N) is 2. The Hall–Kier alpha value is -2.73. The average Bonchev–Trinajstić information content (AvgIpc) is 2.63. The fraction of sp³-hybridized carbons (Fsp3) is 0.286. The van der Waals surface area contributed by atoms with Gasteiger partial charge in [-0.15, -0.1) is 0 Å². The molecular weight excluding hydrogens is 358 g/mol. The number of para-hydroxylation sites is 1. The Bertz CT molecular complexity index is 1070. The standard InChI is InChI=1S/C21H23N3O2S/c1-14(2)11-12-22-19(25)13-15-7-9-16(10-8-15)24-20(26)17-5-3-4-6-18(17)23-21(24)27/h3-10,14H,11-13H2,1-2H3,(H,22,25)(H,23,27). The maximum atomic E-state index is 12.8. The van der Waals surface area contributed by atoms with Crippen LogP contribution < -0.4 is 10.9 Å². The summed E-state index contributed by atoms with van der Waals surface area (Å²) in [6.07, 6.45) is 1.28. The summed E-state index contributed by atoms with van der Waals surface area (Å²) in [6.45, 7) is 4.95. The van der Waals surface area contributed by atoms with Gasteiger partial charge in [0.15, 0.2) is 4.77 Å². The Kier molecular flexibility index (Phi) is 5.86. The summed E-state index contributed by atoms with van der Waals surface area (Å²) in [5.74, 6) is 0.567. The number of rotatable bonds is 6. The molecule has 3 rings (SSSR count). The molecule has 0 atom stereocenters. The van der Waals surface area contributed by atoms with Gasteiger partial charge in [-0.25, -0.2) is 0 Å². The summed E-state index contributed by atoms with van der Waals surface area (Å²) in [7, 11) is 0. The molecule has 2 N–H and O–H groups in total. The molecule has 6 heteroatoms. The predicted molar refractivity (Wildman–Crippen MR) is 111 cm³/mol. The Morgan fingerprint density at radius 3 is 2.56 bits per heavy atom. The Balaban J connectivity index is 1.80. The molecule has 1 amide bonds. The molecule has 0 aliphatic carbocycles. The van der Waals surface area contributed by atoms with E-state index in [4.69, 9.17) is 12.2 Å². The van der Waals surface area contributed by atoms with E-state index in [1.54, 1.807) is 6.07 Å². The lowest BCUT2D eigenvalue weighted by Gasteiger charge is -2.10. The van der Waals surface area contributed by atoms with Crippen molar-refractivity contribution in [3.63, 3.8) is 0 Å². The number of aromatic nitrogens is 2. The van der Waals surface area contributed by atoms with Gasteiger partial charge in [0.25, 0.3) is 5.56 Å². The molecule has 1 heterocycles. The molecule has 0 bridgehead atoms. The first-order chi connectivity index (χ1) is 13.0. The predicted octanol–water partition coefficient (Wildman–Crippen LogP) is 3.75. The van der Waals surface area contributed by atoms with Crippen LogP contribution in [0.3, 0.4) is 0 Å². The fourth-order valence-electron chi connectivity index (χ4n) is 2.91. The number of aromatic amines is 1. The van der Waals surface area contributed by atoms with Crippen LogP contribution >= 0.6 is 12.2 Å². The van der Waals surface area contributed by atoms with Gasteiger partial charge in [-0.3, -0.25) is 14.2 Å². The van der Waals surface area contributed by atoms with Crippen LogP contribution in [-0.2, 0) is 11.2 Å². The lowest BCUT2D eigenvalue weighted by molar-refractivity contribution is -0.120. The third kappa shape index (κ3) is 4.52. The lowest BCUT2D eigenvalue weighted by Crippen LogP contribution is -2.26. The van der Waals surface area contributed by atoms with Crippen LogP contribution in [-0.4, -0.2) is 22.0 Å². The molecule has 5 nitrogen and oxygen atoms in total. The molecule has 0 fully saturated rings. The third-order valence-electron chi connectivity index (χ3n) is 4.41. The van der Waals surface area contributed by atoms with Crippen LogP contribution in [0.25, 0.3) is 16.6 Å². The van der Waals surface area contributed by atoms with E-state index < -0.39 is 0 Å². The number of benzene rings is 2. The molecular formula is C21H23N3O2S. The topological polar surface area (TPSA) is 66.9 Å². The molecule has 1 aromatic heterocycles. The Labute approximate surface area is 163 Å². The first-order valence-electron chi connectivity index (χ1n) is 9.06. The van der Waals surface area contributed by atoms with Crippen molar-refractivity contribution in [2.75, 3.05) is 6.54 Å². The van der Waals surface area contributed by atoms with E-state index in [0.717, 1.165) is 17.5 Å².